The Morgan fingerprint density at radius 2 is 1.61 bits per heavy atom. The molecule has 0 fully saturated rings. The monoisotopic (exact) mass is 256 g/mol. The van der Waals surface area contributed by atoms with Gasteiger partial charge in [0, 0.05) is 24.7 Å². The number of hydrogen-bond donors (Lipinski definition) is 1. The third-order valence-electron chi connectivity index (χ3n) is 3.61. The Balaban J connectivity index is 4.81. The minimum atomic E-state index is 0.635. The maximum Gasteiger partial charge on any atom is 0.0249 e. The average Bonchev–Trinajstić information content (AvgIpc) is 2.28. The molecule has 2 nitrogen and oxygen atoms in total. The summed E-state index contributed by atoms with van der Waals surface area (Å²) in [6.45, 7) is 18.4. The zero-order valence-corrected chi connectivity index (χ0v) is 13.8. The van der Waals surface area contributed by atoms with Crippen molar-refractivity contribution in [1.82, 2.24) is 10.2 Å². The highest BCUT2D eigenvalue weighted by Gasteiger charge is 2.27. The molecule has 0 amide bonds. The Hall–Kier alpha value is -0.0800. The summed E-state index contributed by atoms with van der Waals surface area (Å²) >= 11 is 0. The van der Waals surface area contributed by atoms with Gasteiger partial charge in [-0.05, 0) is 39.2 Å². The van der Waals surface area contributed by atoms with Crippen LogP contribution in [0.15, 0.2) is 0 Å². The molecule has 0 aromatic rings. The summed E-state index contributed by atoms with van der Waals surface area (Å²) in [4.78, 5) is 2.70. The summed E-state index contributed by atoms with van der Waals surface area (Å²) in [6.07, 6.45) is 3.79. The lowest BCUT2D eigenvalue weighted by Gasteiger charge is -2.40. The van der Waals surface area contributed by atoms with Crippen molar-refractivity contribution >= 4 is 0 Å². The molecular formula is C16H36N2. The van der Waals surface area contributed by atoms with Crippen molar-refractivity contribution in [2.45, 2.75) is 85.9 Å². The quantitative estimate of drug-likeness (QED) is 0.637. The van der Waals surface area contributed by atoms with E-state index in [1.54, 1.807) is 0 Å². The number of hydrogen-bond acceptors (Lipinski definition) is 2. The average molecular weight is 256 g/mol. The van der Waals surface area contributed by atoms with Gasteiger partial charge in [0.15, 0.2) is 0 Å². The molecule has 2 atom stereocenters. The number of nitrogens with one attached hydrogen (secondary N) is 1. The van der Waals surface area contributed by atoms with Crippen LogP contribution in [-0.2, 0) is 0 Å². The molecule has 0 heterocycles. The smallest absolute Gasteiger partial charge is 0.0249 e. The summed E-state index contributed by atoms with van der Waals surface area (Å²) in [6, 6.07) is 1.95. The highest BCUT2D eigenvalue weighted by molar-refractivity contribution is 4.85. The summed E-state index contributed by atoms with van der Waals surface area (Å²) in [5, 5.41) is 3.70. The molecule has 0 radical (unpaired) electrons. The van der Waals surface area contributed by atoms with E-state index in [9.17, 15) is 0 Å². The van der Waals surface area contributed by atoms with Crippen LogP contribution < -0.4 is 5.32 Å². The van der Waals surface area contributed by atoms with E-state index in [1.807, 2.05) is 0 Å². The molecule has 0 rings (SSSR count). The molecule has 1 N–H and O–H groups in total. The second-order valence-electron chi connectivity index (χ2n) is 6.11. The third kappa shape index (κ3) is 6.19. The van der Waals surface area contributed by atoms with Crippen molar-refractivity contribution in [3.63, 3.8) is 0 Å². The first kappa shape index (κ1) is 17.9. The molecule has 0 saturated carbocycles. The first-order valence-electron chi connectivity index (χ1n) is 7.96. The molecule has 0 aliphatic carbocycles. The molecule has 2 heteroatoms. The molecular weight excluding hydrogens is 220 g/mol. The van der Waals surface area contributed by atoms with Gasteiger partial charge in [-0.15, -0.1) is 0 Å². The fourth-order valence-corrected chi connectivity index (χ4v) is 2.90. The molecule has 0 aliphatic heterocycles. The Morgan fingerprint density at radius 1 is 1.00 bits per heavy atom. The van der Waals surface area contributed by atoms with Crippen LogP contribution in [0.3, 0.4) is 0 Å². The fourth-order valence-electron chi connectivity index (χ4n) is 2.90. The SMILES string of the molecule is CCCC(NCC)C(CC)N(CC(C)C)C(C)C. The van der Waals surface area contributed by atoms with Crippen LogP contribution in [0.2, 0.25) is 0 Å². The van der Waals surface area contributed by atoms with E-state index < -0.39 is 0 Å². The molecule has 0 aromatic carbocycles. The van der Waals surface area contributed by atoms with E-state index in [1.165, 1.54) is 25.8 Å². The minimum absolute atomic E-state index is 0.635. The van der Waals surface area contributed by atoms with Gasteiger partial charge in [0.2, 0.25) is 0 Å². The van der Waals surface area contributed by atoms with E-state index in [0.717, 1.165) is 12.5 Å². The standard InChI is InChI=1S/C16H36N2/c1-8-11-15(17-10-3)16(9-2)18(14(6)7)12-13(4)5/h13-17H,8-12H2,1-7H3. The van der Waals surface area contributed by atoms with Crippen LogP contribution in [0, 0.1) is 5.92 Å². The van der Waals surface area contributed by atoms with Gasteiger partial charge >= 0.3 is 0 Å². The van der Waals surface area contributed by atoms with Gasteiger partial charge in [-0.3, -0.25) is 4.90 Å². The van der Waals surface area contributed by atoms with Gasteiger partial charge in [0.25, 0.3) is 0 Å². The first-order chi connectivity index (χ1) is 8.47. The van der Waals surface area contributed by atoms with Crippen molar-refractivity contribution in [2.24, 2.45) is 5.92 Å². The van der Waals surface area contributed by atoms with Crippen LogP contribution >= 0.6 is 0 Å². The van der Waals surface area contributed by atoms with Gasteiger partial charge in [-0.1, -0.05) is 41.0 Å². The van der Waals surface area contributed by atoms with Crippen LogP contribution in [0.5, 0.6) is 0 Å². The first-order valence-corrected chi connectivity index (χ1v) is 7.96. The summed E-state index contributed by atoms with van der Waals surface area (Å²) < 4.78 is 0. The molecule has 18 heavy (non-hydrogen) atoms. The Morgan fingerprint density at radius 3 is 1.94 bits per heavy atom. The maximum atomic E-state index is 3.70. The highest BCUT2D eigenvalue weighted by Crippen LogP contribution is 2.18. The molecule has 0 spiro atoms. The van der Waals surface area contributed by atoms with E-state index in [0.29, 0.717) is 18.1 Å². The van der Waals surface area contributed by atoms with Crippen LogP contribution in [-0.4, -0.2) is 36.1 Å². The van der Waals surface area contributed by atoms with Crippen LogP contribution in [0.25, 0.3) is 0 Å². The Labute approximate surface area is 116 Å². The van der Waals surface area contributed by atoms with Crippen LogP contribution in [0.4, 0.5) is 0 Å². The van der Waals surface area contributed by atoms with E-state index in [2.05, 4.69) is 58.7 Å². The predicted molar refractivity (Wildman–Crippen MR) is 83.1 cm³/mol. The van der Waals surface area contributed by atoms with Crippen molar-refractivity contribution in [3.05, 3.63) is 0 Å². The molecule has 110 valence electrons. The van der Waals surface area contributed by atoms with Crippen molar-refractivity contribution in [1.29, 1.82) is 0 Å². The zero-order chi connectivity index (χ0) is 14.1. The Bertz CT molecular complexity index is 184. The molecule has 0 aliphatic rings. The lowest BCUT2D eigenvalue weighted by Crippen LogP contribution is -2.53. The lowest BCUT2D eigenvalue weighted by atomic mass is 9.96. The zero-order valence-electron chi connectivity index (χ0n) is 13.8. The summed E-state index contributed by atoms with van der Waals surface area (Å²) in [5.41, 5.74) is 0. The largest absolute Gasteiger partial charge is 0.313 e. The third-order valence-corrected chi connectivity index (χ3v) is 3.61. The second kappa shape index (κ2) is 9.80. The van der Waals surface area contributed by atoms with E-state index in [4.69, 9.17) is 0 Å². The predicted octanol–water partition coefficient (Wildman–Crippen LogP) is 3.91. The highest BCUT2D eigenvalue weighted by atomic mass is 15.2. The second-order valence-corrected chi connectivity index (χ2v) is 6.11. The lowest BCUT2D eigenvalue weighted by molar-refractivity contribution is 0.0988. The minimum Gasteiger partial charge on any atom is -0.313 e. The van der Waals surface area contributed by atoms with Crippen molar-refractivity contribution < 1.29 is 0 Å². The van der Waals surface area contributed by atoms with Gasteiger partial charge < -0.3 is 5.32 Å². The maximum absolute atomic E-state index is 3.70. The summed E-state index contributed by atoms with van der Waals surface area (Å²) in [5.74, 6) is 0.741. The normalized spacial score (nSPS) is 15.7. The van der Waals surface area contributed by atoms with Crippen molar-refractivity contribution in [3.8, 4) is 0 Å². The van der Waals surface area contributed by atoms with E-state index in [-0.39, 0.29) is 0 Å². The van der Waals surface area contributed by atoms with Crippen molar-refractivity contribution in [2.75, 3.05) is 13.1 Å². The molecule has 0 aromatic heterocycles. The molecule has 0 saturated heterocycles. The fraction of sp³-hybridized carbons (Fsp3) is 1.00. The molecule has 0 bridgehead atoms. The van der Waals surface area contributed by atoms with Gasteiger partial charge in [-0.25, -0.2) is 0 Å². The van der Waals surface area contributed by atoms with Crippen LogP contribution in [0.1, 0.15) is 67.7 Å². The number of nitrogens with zero attached hydrogens (tertiary/aromatic N) is 1. The van der Waals surface area contributed by atoms with Gasteiger partial charge in [-0.2, -0.15) is 0 Å². The van der Waals surface area contributed by atoms with Gasteiger partial charge in [0.05, 0.1) is 0 Å². The number of likely N-dealkylation sites (N-methyl/N-ethyl adjacent to an activating group) is 1. The number of rotatable bonds is 10. The van der Waals surface area contributed by atoms with Gasteiger partial charge in [0.1, 0.15) is 0 Å². The topological polar surface area (TPSA) is 15.3 Å². The Kier molecular flexibility index (Phi) is 9.76. The van der Waals surface area contributed by atoms with E-state index >= 15 is 0 Å². The summed E-state index contributed by atoms with van der Waals surface area (Å²) in [7, 11) is 0. The molecule has 2 unspecified atom stereocenters.